The largest absolute Gasteiger partial charge is 0.144 e. The van der Waals surface area contributed by atoms with Crippen molar-refractivity contribution in [3.8, 4) is 0 Å². The number of hydrogen-bond donors (Lipinski definition) is 0. The van der Waals surface area contributed by atoms with Crippen LogP contribution in [0.3, 0.4) is 0 Å². The van der Waals surface area contributed by atoms with Crippen LogP contribution in [0.2, 0.25) is 0 Å². The second-order valence-corrected chi connectivity index (χ2v) is 2.91. The summed E-state index contributed by atoms with van der Waals surface area (Å²) in [7, 11) is 0. The number of thiophene rings is 1. The topological polar surface area (TPSA) is 0 Å². The van der Waals surface area contributed by atoms with E-state index in [2.05, 4.69) is 20.4 Å². The van der Waals surface area contributed by atoms with Crippen LogP contribution in [0, 0.1) is 0 Å². The predicted molar refractivity (Wildman–Crippen MR) is 50.4 cm³/mol. The van der Waals surface area contributed by atoms with E-state index in [4.69, 9.17) is 0 Å². The first kappa shape index (κ1) is 9.44. The molecule has 0 aliphatic heterocycles. The molecule has 0 bridgehead atoms. The van der Waals surface area contributed by atoms with E-state index in [1.54, 1.807) is 11.3 Å². The zero-order valence-electron chi connectivity index (χ0n) is 6.63. The van der Waals surface area contributed by atoms with Crippen molar-refractivity contribution in [1.82, 2.24) is 0 Å². The molecule has 0 N–H and O–H groups in total. The third-order valence-corrected chi connectivity index (χ3v) is 1.61. The minimum absolute atomic E-state index is 1.24. The van der Waals surface area contributed by atoms with Crippen molar-refractivity contribution >= 4 is 17.4 Å². The Hall–Kier alpha value is -0.560. The van der Waals surface area contributed by atoms with E-state index in [1.807, 2.05) is 23.6 Å². The van der Waals surface area contributed by atoms with Gasteiger partial charge in [0.05, 0.1) is 0 Å². The summed E-state index contributed by atoms with van der Waals surface area (Å²) in [6.07, 6.45) is 3.10. The first-order valence-electron chi connectivity index (χ1n) is 3.51. The number of rotatable bonds is 1. The van der Waals surface area contributed by atoms with Crippen LogP contribution < -0.4 is 0 Å². The lowest BCUT2D eigenvalue weighted by Crippen LogP contribution is -1.45. The fourth-order valence-corrected chi connectivity index (χ4v) is 0.975. The molecule has 1 rings (SSSR count). The molecule has 0 amide bonds. The lowest BCUT2D eigenvalue weighted by molar-refractivity contribution is 1.09. The first-order chi connectivity index (χ1) is 4.85. The van der Waals surface area contributed by atoms with Crippen molar-refractivity contribution in [3.05, 3.63) is 29.0 Å². The second kappa shape index (κ2) is 6.56. The minimum atomic E-state index is 1.24. The Morgan fingerprint density at radius 3 is 2.40 bits per heavy atom. The lowest BCUT2D eigenvalue weighted by Gasteiger charge is -1.71. The molecule has 1 heteroatoms. The standard InChI is InChI=1S/C6H6S.C3H8/c1-2-6-4-3-5-7-6;1-3-2/h2-5H,1H2;3H2,1-2H3. The van der Waals surface area contributed by atoms with E-state index in [0.29, 0.717) is 0 Å². The van der Waals surface area contributed by atoms with E-state index in [-0.39, 0.29) is 0 Å². The third-order valence-electron chi connectivity index (χ3n) is 0.744. The highest BCUT2D eigenvalue weighted by atomic mass is 32.1. The Morgan fingerprint density at radius 2 is 2.20 bits per heavy atom. The molecule has 0 saturated carbocycles. The summed E-state index contributed by atoms with van der Waals surface area (Å²) in [4.78, 5) is 1.24. The van der Waals surface area contributed by atoms with Crippen LogP contribution in [0.4, 0.5) is 0 Å². The molecule has 0 nitrogen and oxygen atoms in total. The van der Waals surface area contributed by atoms with Gasteiger partial charge in [0.15, 0.2) is 0 Å². The van der Waals surface area contributed by atoms with Crippen LogP contribution in [0.25, 0.3) is 6.08 Å². The van der Waals surface area contributed by atoms with Crippen molar-refractivity contribution in [3.63, 3.8) is 0 Å². The van der Waals surface area contributed by atoms with Crippen LogP contribution in [0.1, 0.15) is 25.1 Å². The van der Waals surface area contributed by atoms with Gasteiger partial charge >= 0.3 is 0 Å². The zero-order valence-corrected chi connectivity index (χ0v) is 7.45. The maximum atomic E-state index is 3.61. The average molecular weight is 154 g/mol. The average Bonchev–Trinajstić information content (AvgIpc) is 2.39. The van der Waals surface area contributed by atoms with Gasteiger partial charge in [0, 0.05) is 4.88 Å². The summed E-state index contributed by atoms with van der Waals surface area (Å²) in [5, 5.41) is 2.04. The first-order valence-corrected chi connectivity index (χ1v) is 4.39. The molecular formula is C9H14S. The van der Waals surface area contributed by atoms with E-state index in [0.717, 1.165) is 0 Å². The lowest BCUT2D eigenvalue weighted by atomic mass is 10.5. The highest BCUT2D eigenvalue weighted by molar-refractivity contribution is 7.10. The van der Waals surface area contributed by atoms with Crippen molar-refractivity contribution in [2.24, 2.45) is 0 Å². The summed E-state index contributed by atoms with van der Waals surface area (Å²) in [6, 6.07) is 4.05. The van der Waals surface area contributed by atoms with Gasteiger partial charge in [-0.25, -0.2) is 0 Å². The SMILES string of the molecule is C=Cc1cccs1.CCC. The third kappa shape index (κ3) is 4.33. The highest BCUT2D eigenvalue weighted by Gasteiger charge is 1.78. The zero-order chi connectivity index (χ0) is 7.82. The van der Waals surface area contributed by atoms with Crippen LogP contribution in [0.5, 0.6) is 0 Å². The summed E-state index contributed by atoms with van der Waals surface area (Å²) in [5.74, 6) is 0. The Labute approximate surface area is 67.2 Å². The molecule has 0 radical (unpaired) electrons. The molecule has 0 aliphatic rings. The fourth-order valence-electron chi connectivity index (χ4n) is 0.407. The maximum Gasteiger partial charge on any atom is 0.0264 e. The molecule has 10 heavy (non-hydrogen) atoms. The van der Waals surface area contributed by atoms with E-state index in [1.165, 1.54) is 11.3 Å². The monoisotopic (exact) mass is 154 g/mol. The molecule has 1 aromatic rings. The van der Waals surface area contributed by atoms with Crippen molar-refractivity contribution in [2.45, 2.75) is 20.3 Å². The predicted octanol–water partition coefficient (Wildman–Crippen LogP) is 3.81. The Kier molecular flexibility index (Phi) is 6.19. The van der Waals surface area contributed by atoms with Gasteiger partial charge in [-0.3, -0.25) is 0 Å². The molecule has 1 heterocycles. The summed E-state index contributed by atoms with van der Waals surface area (Å²) >= 11 is 1.70. The van der Waals surface area contributed by atoms with Crippen molar-refractivity contribution < 1.29 is 0 Å². The van der Waals surface area contributed by atoms with Crippen molar-refractivity contribution in [1.29, 1.82) is 0 Å². The smallest absolute Gasteiger partial charge is 0.0264 e. The van der Waals surface area contributed by atoms with Crippen LogP contribution in [-0.4, -0.2) is 0 Å². The van der Waals surface area contributed by atoms with Gasteiger partial charge in [-0.05, 0) is 11.4 Å². The summed E-state index contributed by atoms with van der Waals surface area (Å²) in [5.41, 5.74) is 0. The van der Waals surface area contributed by atoms with E-state index < -0.39 is 0 Å². The fraction of sp³-hybridized carbons (Fsp3) is 0.333. The molecule has 0 aliphatic carbocycles. The molecule has 56 valence electrons. The quantitative estimate of drug-likeness (QED) is 0.577. The van der Waals surface area contributed by atoms with Gasteiger partial charge in [0.2, 0.25) is 0 Å². The minimum Gasteiger partial charge on any atom is -0.144 e. The molecular weight excluding hydrogens is 140 g/mol. The van der Waals surface area contributed by atoms with Gasteiger partial charge < -0.3 is 0 Å². The molecule has 0 saturated heterocycles. The van der Waals surface area contributed by atoms with Crippen molar-refractivity contribution in [2.75, 3.05) is 0 Å². The summed E-state index contributed by atoms with van der Waals surface area (Å²) in [6.45, 7) is 7.86. The number of hydrogen-bond acceptors (Lipinski definition) is 1. The van der Waals surface area contributed by atoms with Gasteiger partial charge in [-0.2, -0.15) is 0 Å². The van der Waals surface area contributed by atoms with Crippen LogP contribution in [0.15, 0.2) is 24.1 Å². The Morgan fingerprint density at radius 1 is 1.60 bits per heavy atom. The molecule has 0 atom stereocenters. The summed E-state index contributed by atoms with van der Waals surface area (Å²) < 4.78 is 0. The molecule has 0 fully saturated rings. The molecule has 0 spiro atoms. The Bertz CT molecular complexity index is 151. The second-order valence-electron chi connectivity index (χ2n) is 1.93. The maximum absolute atomic E-state index is 3.61. The van der Waals surface area contributed by atoms with E-state index in [9.17, 15) is 0 Å². The van der Waals surface area contributed by atoms with Gasteiger partial charge in [-0.15, -0.1) is 11.3 Å². The molecule has 0 aromatic carbocycles. The van der Waals surface area contributed by atoms with E-state index >= 15 is 0 Å². The van der Waals surface area contributed by atoms with Crippen LogP contribution >= 0.6 is 11.3 Å². The van der Waals surface area contributed by atoms with Crippen LogP contribution in [-0.2, 0) is 0 Å². The van der Waals surface area contributed by atoms with Gasteiger partial charge in [0.25, 0.3) is 0 Å². The Balaban J connectivity index is 0.000000236. The van der Waals surface area contributed by atoms with Gasteiger partial charge in [-0.1, -0.05) is 39.0 Å². The normalized spacial score (nSPS) is 7.80. The van der Waals surface area contributed by atoms with Gasteiger partial charge in [0.1, 0.15) is 0 Å². The highest BCUT2D eigenvalue weighted by Crippen LogP contribution is 2.07. The molecule has 0 unspecified atom stereocenters. The molecule has 1 aromatic heterocycles.